The summed E-state index contributed by atoms with van der Waals surface area (Å²) in [6.45, 7) is 1.81. The van der Waals surface area contributed by atoms with Gasteiger partial charge in [0, 0.05) is 17.5 Å². The summed E-state index contributed by atoms with van der Waals surface area (Å²) in [7, 11) is 0. The van der Waals surface area contributed by atoms with E-state index in [-0.39, 0.29) is 6.29 Å². The van der Waals surface area contributed by atoms with Crippen LogP contribution in [0.5, 0.6) is 0 Å². The van der Waals surface area contributed by atoms with Gasteiger partial charge in [-0.1, -0.05) is 0 Å². The zero-order chi connectivity index (χ0) is 8.27. The Balaban J connectivity index is 2.98. The van der Waals surface area contributed by atoms with Gasteiger partial charge in [-0.05, 0) is 19.1 Å². The number of nitrogens with zero attached hydrogens (tertiary/aromatic N) is 1. The van der Waals surface area contributed by atoms with Gasteiger partial charge in [0.05, 0.1) is 0 Å². The second-order valence-corrected chi connectivity index (χ2v) is 2.17. The van der Waals surface area contributed by atoms with Gasteiger partial charge in [-0.2, -0.15) is 0 Å². The molecule has 1 heterocycles. The monoisotopic (exact) mass is 149 g/mol. The maximum atomic E-state index is 10.7. The van der Waals surface area contributed by atoms with Crippen molar-refractivity contribution in [1.29, 1.82) is 0 Å². The van der Waals surface area contributed by atoms with E-state index >= 15 is 0 Å². The SMILES string of the molecule is Cc1ccc(C(=O)C=O)cn1. The van der Waals surface area contributed by atoms with Crippen LogP contribution >= 0.6 is 0 Å². The molecule has 0 atom stereocenters. The molecule has 0 saturated heterocycles. The summed E-state index contributed by atoms with van der Waals surface area (Å²) >= 11 is 0. The summed E-state index contributed by atoms with van der Waals surface area (Å²) in [4.78, 5) is 24.6. The van der Waals surface area contributed by atoms with Crippen LogP contribution in [-0.2, 0) is 4.79 Å². The number of hydrogen-bond acceptors (Lipinski definition) is 3. The van der Waals surface area contributed by atoms with E-state index < -0.39 is 5.78 Å². The highest BCUT2D eigenvalue weighted by molar-refractivity contribution is 6.33. The van der Waals surface area contributed by atoms with E-state index in [9.17, 15) is 9.59 Å². The fourth-order valence-corrected chi connectivity index (χ4v) is 0.682. The number of rotatable bonds is 2. The third-order valence-electron chi connectivity index (χ3n) is 1.30. The Hall–Kier alpha value is -1.51. The Kier molecular flexibility index (Phi) is 2.11. The molecule has 0 N–H and O–H groups in total. The standard InChI is InChI=1S/C8H7NO2/c1-6-2-3-7(4-9-6)8(11)5-10/h2-5H,1H3. The molecule has 0 amide bonds. The van der Waals surface area contributed by atoms with Crippen LogP contribution in [0, 0.1) is 6.92 Å². The van der Waals surface area contributed by atoms with E-state index in [1.165, 1.54) is 6.20 Å². The summed E-state index contributed by atoms with van der Waals surface area (Å²) < 4.78 is 0. The summed E-state index contributed by atoms with van der Waals surface area (Å²) in [6.07, 6.45) is 1.68. The van der Waals surface area contributed by atoms with E-state index in [0.717, 1.165) is 5.69 Å². The van der Waals surface area contributed by atoms with Crippen molar-refractivity contribution >= 4 is 12.1 Å². The van der Waals surface area contributed by atoms with E-state index in [4.69, 9.17) is 0 Å². The minimum absolute atomic E-state index is 0.284. The predicted molar refractivity (Wildman–Crippen MR) is 39.4 cm³/mol. The Morgan fingerprint density at radius 2 is 2.27 bits per heavy atom. The first kappa shape index (κ1) is 7.60. The molecule has 56 valence electrons. The van der Waals surface area contributed by atoms with Crippen LogP contribution in [0.25, 0.3) is 0 Å². The van der Waals surface area contributed by atoms with Gasteiger partial charge in [0.15, 0.2) is 6.29 Å². The van der Waals surface area contributed by atoms with Gasteiger partial charge >= 0.3 is 0 Å². The van der Waals surface area contributed by atoms with Crippen molar-refractivity contribution in [1.82, 2.24) is 4.98 Å². The second kappa shape index (κ2) is 3.05. The Morgan fingerprint density at radius 1 is 1.55 bits per heavy atom. The van der Waals surface area contributed by atoms with Crippen molar-refractivity contribution in [3.05, 3.63) is 29.6 Å². The first-order chi connectivity index (χ1) is 5.24. The quantitative estimate of drug-likeness (QED) is 0.354. The lowest BCUT2D eigenvalue weighted by Crippen LogP contribution is -2.00. The largest absolute Gasteiger partial charge is 0.294 e. The normalized spacial score (nSPS) is 9.18. The molecular formula is C8H7NO2. The van der Waals surface area contributed by atoms with Gasteiger partial charge in [-0.15, -0.1) is 0 Å². The van der Waals surface area contributed by atoms with Crippen molar-refractivity contribution in [2.45, 2.75) is 6.92 Å². The molecule has 0 saturated carbocycles. The third-order valence-corrected chi connectivity index (χ3v) is 1.30. The number of aldehydes is 1. The summed E-state index contributed by atoms with van der Waals surface area (Å²) in [5, 5.41) is 0. The van der Waals surface area contributed by atoms with Gasteiger partial charge in [-0.25, -0.2) is 0 Å². The fourth-order valence-electron chi connectivity index (χ4n) is 0.682. The van der Waals surface area contributed by atoms with Crippen molar-refractivity contribution in [2.24, 2.45) is 0 Å². The van der Waals surface area contributed by atoms with Crippen LogP contribution in [0.2, 0.25) is 0 Å². The first-order valence-electron chi connectivity index (χ1n) is 3.16. The molecule has 0 fully saturated rings. The number of ketones is 1. The van der Waals surface area contributed by atoms with Crippen molar-refractivity contribution in [3.63, 3.8) is 0 Å². The predicted octanol–water partition coefficient (Wildman–Crippen LogP) is 0.772. The van der Waals surface area contributed by atoms with E-state index in [1.54, 1.807) is 12.1 Å². The average Bonchev–Trinajstić information content (AvgIpc) is 2.05. The molecule has 0 aliphatic heterocycles. The molecule has 1 aromatic heterocycles. The molecule has 3 nitrogen and oxygen atoms in total. The number of aryl methyl sites for hydroxylation is 1. The number of hydrogen-bond donors (Lipinski definition) is 0. The highest BCUT2D eigenvalue weighted by Gasteiger charge is 2.01. The van der Waals surface area contributed by atoms with E-state index in [2.05, 4.69) is 4.98 Å². The number of carbonyl (C=O) groups excluding carboxylic acids is 2. The minimum Gasteiger partial charge on any atom is -0.294 e. The van der Waals surface area contributed by atoms with Gasteiger partial charge in [0.25, 0.3) is 0 Å². The van der Waals surface area contributed by atoms with Crippen molar-refractivity contribution in [3.8, 4) is 0 Å². The van der Waals surface area contributed by atoms with E-state index in [0.29, 0.717) is 5.56 Å². The minimum atomic E-state index is -0.530. The molecule has 0 spiro atoms. The third kappa shape index (κ3) is 1.70. The van der Waals surface area contributed by atoms with Crippen LogP contribution < -0.4 is 0 Å². The van der Waals surface area contributed by atoms with Crippen molar-refractivity contribution < 1.29 is 9.59 Å². The molecule has 0 radical (unpaired) electrons. The summed E-state index contributed by atoms with van der Waals surface area (Å²) in [5.41, 5.74) is 1.16. The summed E-state index contributed by atoms with van der Waals surface area (Å²) in [6, 6.07) is 3.27. The highest BCUT2D eigenvalue weighted by Crippen LogP contribution is 1.98. The van der Waals surface area contributed by atoms with Gasteiger partial charge < -0.3 is 0 Å². The van der Waals surface area contributed by atoms with Crippen LogP contribution in [0.3, 0.4) is 0 Å². The van der Waals surface area contributed by atoms with Crippen LogP contribution in [0.4, 0.5) is 0 Å². The lowest BCUT2D eigenvalue weighted by molar-refractivity contribution is -0.104. The number of pyridine rings is 1. The maximum Gasteiger partial charge on any atom is 0.226 e. The molecular weight excluding hydrogens is 142 g/mol. The number of aromatic nitrogens is 1. The zero-order valence-electron chi connectivity index (χ0n) is 6.07. The second-order valence-electron chi connectivity index (χ2n) is 2.17. The van der Waals surface area contributed by atoms with Crippen molar-refractivity contribution in [2.75, 3.05) is 0 Å². The Bertz CT molecular complexity index is 277. The van der Waals surface area contributed by atoms with Crippen LogP contribution in [-0.4, -0.2) is 17.1 Å². The average molecular weight is 149 g/mol. The fraction of sp³-hybridized carbons (Fsp3) is 0.125. The lowest BCUT2D eigenvalue weighted by atomic mass is 10.2. The zero-order valence-corrected chi connectivity index (χ0v) is 6.07. The molecule has 1 aromatic rings. The smallest absolute Gasteiger partial charge is 0.226 e. The topological polar surface area (TPSA) is 47.0 Å². The van der Waals surface area contributed by atoms with E-state index in [1.807, 2.05) is 6.92 Å². The van der Waals surface area contributed by atoms with Gasteiger partial charge in [0.2, 0.25) is 5.78 Å². The first-order valence-corrected chi connectivity index (χ1v) is 3.16. The molecule has 3 heteroatoms. The molecule has 0 unspecified atom stereocenters. The molecule has 0 aliphatic carbocycles. The number of carbonyl (C=O) groups is 2. The van der Waals surface area contributed by atoms with Gasteiger partial charge in [0.1, 0.15) is 0 Å². The maximum absolute atomic E-state index is 10.7. The van der Waals surface area contributed by atoms with Crippen LogP contribution in [0.1, 0.15) is 16.1 Å². The summed E-state index contributed by atoms with van der Waals surface area (Å²) in [5.74, 6) is -0.530. The molecule has 0 aliphatic rings. The molecule has 11 heavy (non-hydrogen) atoms. The lowest BCUT2D eigenvalue weighted by Gasteiger charge is -1.92. The molecule has 1 rings (SSSR count). The Labute approximate surface area is 64.1 Å². The molecule has 0 aromatic carbocycles. The number of Topliss-reactive ketones (excluding diaryl/α,β-unsaturated/α-hetero) is 1. The van der Waals surface area contributed by atoms with Gasteiger partial charge in [-0.3, -0.25) is 14.6 Å². The Morgan fingerprint density at radius 3 is 2.73 bits per heavy atom. The highest BCUT2D eigenvalue weighted by atomic mass is 16.2. The van der Waals surface area contributed by atoms with Crippen LogP contribution in [0.15, 0.2) is 18.3 Å². The molecule has 0 bridgehead atoms.